The van der Waals surface area contributed by atoms with Crippen LogP contribution in [-0.4, -0.2) is 16.1 Å². The Morgan fingerprint density at radius 2 is 1.95 bits per heavy atom. The fraction of sp³-hybridized carbons (Fsp3) is 0.0588. The standard InChI is InChI=1S/C17H12N2O2/c1-10-5-4-8-13-14(16(17(20)21)19-15(10)13)12-7-3-2-6-11(12)9-18/h2-8,19H,1H3,(H,20,21). The van der Waals surface area contributed by atoms with E-state index in [4.69, 9.17) is 0 Å². The third kappa shape index (κ3) is 1.96. The highest BCUT2D eigenvalue weighted by molar-refractivity contribution is 6.08. The molecule has 0 bridgehead atoms. The number of aryl methyl sites for hydroxylation is 1. The van der Waals surface area contributed by atoms with Gasteiger partial charge in [0.1, 0.15) is 5.69 Å². The molecule has 0 radical (unpaired) electrons. The van der Waals surface area contributed by atoms with E-state index in [-0.39, 0.29) is 5.69 Å². The van der Waals surface area contributed by atoms with Gasteiger partial charge in [0.15, 0.2) is 0 Å². The minimum Gasteiger partial charge on any atom is -0.477 e. The lowest BCUT2D eigenvalue weighted by atomic mass is 9.97. The quantitative estimate of drug-likeness (QED) is 0.749. The minimum atomic E-state index is -1.03. The van der Waals surface area contributed by atoms with Crippen LogP contribution in [0.25, 0.3) is 22.0 Å². The molecule has 3 rings (SSSR count). The van der Waals surface area contributed by atoms with Crippen molar-refractivity contribution in [1.82, 2.24) is 4.98 Å². The lowest BCUT2D eigenvalue weighted by molar-refractivity contribution is 0.0692. The van der Waals surface area contributed by atoms with Crippen LogP contribution in [0.2, 0.25) is 0 Å². The molecule has 21 heavy (non-hydrogen) atoms. The van der Waals surface area contributed by atoms with Crippen LogP contribution in [0.4, 0.5) is 0 Å². The zero-order valence-electron chi connectivity index (χ0n) is 11.3. The minimum absolute atomic E-state index is 0.113. The summed E-state index contributed by atoms with van der Waals surface area (Å²) < 4.78 is 0. The third-order valence-corrected chi connectivity index (χ3v) is 3.57. The van der Waals surface area contributed by atoms with Crippen LogP contribution in [0.5, 0.6) is 0 Å². The Morgan fingerprint density at radius 1 is 1.19 bits per heavy atom. The molecule has 2 N–H and O–H groups in total. The highest BCUT2D eigenvalue weighted by Gasteiger charge is 2.21. The molecule has 102 valence electrons. The molecule has 0 aliphatic heterocycles. The number of rotatable bonds is 2. The Morgan fingerprint density at radius 3 is 2.67 bits per heavy atom. The molecule has 0 aliphatic rings. The smallest absolute Gasteiger partial charge is 0.352 e. The largest absolute Gasteiger partial charge is 0.477 e. The van der Waals surface area contributed by atoms with Crippen LogP contribution in [0.15, 0.2) is 42.5 Å². The monoisotopic (exact) mass is 276 g/mol. The molecule has 0 saturated carbocycles. The zero-order valence-corrected chi connectivity index (χ0v) is 11.3. The predicted octanol–water partition coefficient (Wildman–Crippen LogP) is 3.71. The molecule has 4 heteroatoms. The maximum absolute atomic E-state index is 11.6. The number of para-hydroxylation sites is 1. The highest BCUT2D eigenvalue weighted by Crippen LogP contribution is 2.35. The Labute approximate surface area is 121 Å². The fourth-order valence-electron chi connectivity index (χ4n) is 2.60. The molecule has 0 atom stereocenters. The summed E-state index contributed by atoms with van der Waals surface area (Å²) >= 11 is 0. The van der Waals surface area contributed by atoms with E-state index in [1.807, 2.05) is 25.1 Å². The van der Waals surface area contributed by atoms with Crippen LogP contribution in [-0.2, 0) is 0 Å². The van der Waals surface area contributed by atoms with Gasteiger partial charge in [0, 0.05) is 22.0 Å². The van der Waals surface area contributed by atoms with E-state index in [1.54, 1.807) is 24.3 Å². The van der Waals surface area contributed by atoms with Crippen molar-refractivity contribution in [2.24, 2.45) is 0 Å². The maximum Gasteiger partial charge on any atom is 0.352 e. The molecule has 0 amide bonds. The van der Waals surface area contributed by atoms with Gasteiger partial charge in [-0.2, -0.15) is 5.26 Å². The number of nitriles is 1. The predicted molar refractivity (Wildman–Crippen MR) is 80.1 cm³/mol. The third-order valence-electron chi connectivity index (χ3n) is 3.57. The van der Waals surface area contributed by atoms with Crippen molar-refractivity contribution in [1.29, 1.82) is 5.26 Å². The number of fused-ring (bicyclic) bond motifs is 1. The van der Waals surface area contributed by atoms with E-state index in [9.17, 15) is 15.2 Å². The number of nitrogens with one attached hydrogen (secondary N) is 1. The van der Waals surface area contributed by atoms with E-state index in [1.165, 1.54) is 0 Å². The zero-order chi connectivity index (χ0) is 15.0. The highest BCUT2D eigenvalue weighted by atomic mass is 16.4. The molecular weight excluding hydrogens is 264 g/mol. The molecule has 2 aromatic carbocycles. The SMILES string of the molecule is Cc1cccc2c(-c3ccccc3C#N)c(C(=O)O)[nH]c12. The average Bonchev–Trinajstić information content (AvgIpc) is 2.88. The number of hydrogen-bond donors (Lipinski definition) is 2. The number of aromatic carboxylic acids is 1. The maximum atomic E-state index is 11.6. The van der Waals surface area contributed by atoms with Gasteiger partial charge in [0.05, 0.1) is 11.6 Å². The van der Waals surface area contributed by atoms with Gasteiger partial charge in [-0.15, -0.1) is 0 Å². The number of nitrogens with zero attached hydrogens (tertiary/aromatic N) is 1. The number of aromatic nitrogens is 1. The Balaban J connectivity index is 2.46. The van der Waals surface area contributed by atoms with Crippen molar-refractivity contribution in [3.63, 3.8) is 0 Å². The second kappa shape index (κ2) is 4.80. The van der Waals surface area contributed by atoms with Gasteiger partial charge >= 0.3 is 5.97 Å². The van der Waals surface area contributed by atoms with Crippen molar-refractivity contribution in [3.8, 4) is 17.2 Å². The molecule has 1 heterocycles. The first-order valence-corrected chi connectivity index (χ1v) is 6.47. The van der Waals surface area contributed by atoms with Gasteiger partial charge in [-0.25, -0.2) is 4.79 Å². The van der Waals surface area contributed by atoms with E-state index in [2.05, 4.69) is 11.1 Å². The Kier molecular flexibility index (Phi) is 2.96. The number of aromatic amines is 1. The summed E-state index contributed by atoms with van der Waals surface area (Å²) in [7, 11) is 0. The summed E-state index contributed by atoms with van der Waals surface area (Å²) in [5.74, 6) is -1.03. The molecule has 0 saturated heterocycles. The average molecular weight is 276 g/mol. The van der Waals surface area contributed by atoms with Crippen LogP contribution in [0, 0.1) is 18.3 Å². The summed E-state index contributed by atoms with van der Waals surface area (Å²) in [6, 6.07) is 14.8. The summed E-state index contributed by atoms with van der Waals surface area (Å²) in [5, 5.41) is 19.5. The van der Waals surface area contributed by atoms with Crippen molar-refractivity contribution in [2.75, 3.05) is 0 Å². The lowest BCUT2D eigenvalue weighted by Crippen LogP contribution is -1.99. The molecule has 0 fully saturated rings. The first kappa shape index (κ1) is 12.9. The van der Waals surface area contributed by atoms with E-state index in [0.717, 1.165) is 16.5 Å². The molecule has 3 aromatic rings. The topological polar surface area (TPSA) is 76.9 Å². The molecule has 1 aromatic heterocycles. The van der Waals surface area contributed by atoms with E-state index < -0.39 is 5.97 Å². The fourth-order valence-corrected chi connectivity index (χ4v) is 2.60. The Bertz CT molecular complexity index is 901. The van der Waals surface area contributed by atoms with Gasteiger partial charge < -0.3 is 10.1 Å². The van der Waals surface area contributed by atoms with Crippen molar-refractivity contribution in [2.45, 2.75) is 6.92 Å². The summed E-state index contributed by atoms with van der Waals surface area (Å²) in [4.78, 5) is 14.5. The lowest BCUT2D eigenvalue weighted by Gasteiger charge is -2.04. The van der Waals surface area contributed by atoms with Crippen LogP contribution < -0.4 is 0 Å². The number of carbonyl (C=O) groups is 1. The van der Waals surface area contributed by atoms with Crippen molar-refractivity contribution in [3.05, 3.63) is 59.3 Å². The molecule has 0 aliphatic carbocycles. The first-order valence-electron chi connectivity index (χ1n) is 6.47. The summed E-state index contributed by atoms with van der Waals surface area (Å²) in [6.07, 6.45) is 0. The number of hydrogen-bond acceptors (Lipinski definition) is 2. The number of benzene rings is 2. The number of H-pyrrole nitrogens is 1. The van der Waals surface area contributed by atoms with Gasteiger partial charge in [0.25, 0.3) is 0 Å². The number of carboxylic acid groups (broad SMARTS) is 1. The first-order chi connectivity index (χ1) is 10.1. The van der Waals surface area contributed by atoms with Gasteiger partial charge in [0.2, 0.25) is 0 Å². The summed E-state index contributed by atoms with van der Waals surface area (Å²) in [6.45, 7) is 1.92. The molecule has 4 nitrogen and oxygen atoms in total. The molecular formula is C17H12N2O2. The molecule has 0 spiro atoms. The summed E-state index contributed by atoms with van der Waals surface area (Å²) in [5.41, 5.74) is 3.53. The van der Waals surface area contributed by atoms with Crippen molar-refractivity contribution >= 4 is 16.9 Å². The van der Waals surface area contributed by atoms with E-state index >= 15 is 0 Å². The normalized spacial score (nSPS) is 10.5. The number of carboxylic acids is 1. The van der Waals surface area contributed by atoms with Gasteiger partial charge in [-0.1, -0.05) is 36.4 Å². The van der Waals surface area contributed by atoms with E-state index in [0.29, 0.717) is 16.7 Å². The van der Waals surface area contributed by atoms with Crippen LogP contribution in [0.3, 0.4) is 0 Å². The second-order valence-corrected chi connectivity index (χ2v) is 4.84. The van der Waals surface area contributed by atoms with Gasteiger partial charge in [-0.3, -0.25) is 0 Å². The van der Waals surface area contributed by atoms with Crippen molar-refractivity contribution < 1.29 is 9.90 Å². The van der Waals surface area contributed by atoms with Gasteiger partial charge in [-0.05, 0) is 18.6 Å². The Hall–Kier alpha value is -3.06. The van der Waals surface area contributed by atoms with Crippen LogP contribution >= 0.6 is 0 Å². The van der Waals surface area contributed by atoms with Crippen LogP contribution in [0.1, 0.15) is 21.6 Å². The second-order valence-electron chi connectivity index (χ2n) is 4.84. The molecule has 0 unspecified atom stereocenters.